The minimum atomic E-state index is -0.809. The van der Waals surface area contributed by atoms with Gasteiger partial charge in [0.25, 0.3) is 0 Å². The van der Waals surface area contributed by atoms with Crippen molar-refractivity contribution >= 4 is 16.7 Å². The molecular formula is C14H28N2O2S. The fraction of sp³-hybridized carbons (Fsp3) is 0.929. The molecule has 1 heterocycles. The maximum atomic E-state index is 12.4. The van der Waals surface area contributed by atoms with Crippen molar-refractivity contribution in [3.8, 4) is 0 Å². The van der Waals surface area contributed by atoms with Gasteiger partial charge in [-0.15, -0.1) is 0 Å². The summed E-state index contributed by atoms with van der Waals surface area (Å²) >= 11 is 0. The van der Waals surface area contributed by atoms with Gasteiger partial charge in [0.05, 0.1) is 12.2 Å². The Labute approximate surface area is 119 Å². The van der Waals surface area contributed by atoms with E-state index in [-0.39, 0.29) is 18.1 Å². The molecule has 0 saturated carbocycles. The van der Waals surface area contributed by atoms with E-state index in [1.165, 1.54) is 0 Å². The van der Waals surface area contributed by atoms with Crippen molar-refractivity contribution in [2.45, 2.75) is 53.2 Å². The summed E-state index contributed by atoms with van der Waals surface area (Å²) < 4.78 is 11.6. The molecule has 4 nitrogen and oxygen atoms in total. The lowest BCUT2D eigenvalue weighted by atomic mass is 10.0. The fourth-order valence-corrected chi connectivity index (χ4v) is 3.12. The molecule has 112 valence electrons. The van der Waals surface area contributed by atoms with Crippen LogP contribution in [0.4, 0.5) is 0 Å². The first-order valence-corrected chi connectivity index (χ1v) is 8.77. The quantitative estimate of drug-likeness (QED) is 0.774. The summed E-state index contributed by atoms with van der Waals surface area (Å²) in [4.78, 5) is 14.3. The van der Waals surface area contributed by atoms with Crippen LogP contribution < -0.4 is 5.32 Å². The molecule has 0 aromatic heterocycles. The Hall–Kier alpha value is -0.420. The second-order valence-electron chi connectivity index (χ2n) is 6.00. The topological polar surface area (TPSA) is 49.4 Å². The highest BCUT2D eigenvalue weighted by Crippen LogP contribution is 2.21. The normalized spacial score (nSPS) is 25.6. The lowest BCUT2D eigenvalue weighted by Crippen LogP contribution is -2.40. The summed E-state index contributed by atoms with van der Waals surface area (Å²) in [5.74, 6) is 2.26. The molecule has 3 unspecified atom stereocenters. The number of nitrogens with one attached hydrogen (secondary N) is 1. The van der Waals surface area contributed by atoms with Crippen LogP contribution >= 0.6 is 0 Å². The molecule has 1 aliphatic heterocycles. The highest BCUT2D eigenvalue weighted by Gasteiger charge is 2.39. The van der Waals surface area contributed by atoms with Gasteiger partial charge in [-0.3, -0.25) is 14.3 Å². The SMILES string of the molecule is CCS(=O)CCN1C(=O)C(C(C)C)NC1CC(C)C. The lowest BCUT2D eigenvalue weighted by molar-refractivity contribution is -0.130. The zero-order chi connectivity index (χ0) is 14.6. The largest absolute Gasteiger partial charge is 0.325 e. The van der Waals surface area contributed by atoms with Crippen LogP contribution in [0.1, 0.15) is 41.0 Å². The van der Waals surface area contributed by atoms with Crippen molar-refractivity contribution in [1.29, 1.82) is 0 Å². The van der Waals surface area contributed by atoms with Crippen molar-refractivity contribution in [2.75, 3.05) is 18.1 Å². The van der Waals surface area contributed by atoms with E-state index < -0.39 is 10.8 Å². The molecule has 1 fully saturated rings. The molecular weight excluding hydrogens is 260 g/mol. The van der Waals surface area contributed by atoms with Crippen LogP contribution in [0.25, 0.3) is 0 Å². The fourth-order valence-electron chi connectivity index (χ4n) is 2.43. The number of hydrogen-bond donors (Lipinski definition) is 1. The highest BCUT2D eigenvalue weighted by atomic mass is 32.2. The third-order valence-electron chi connectivity index (χ3n) is 3.54. The summed E-state index contributed by atoms with van der Waals surface area (Å²) in [7, 11) is -0.809. The van der Waals surface area contributed by atoms with Gasteiger partial charge in [0.2, 0.25) is 5.91 Å². The van der Waals surface area contributed by atoms with Gasteiger partial charge < -0.3 is 4.90 Å². The molecule has 3 atom stereocenters. The Bertz CT molecular complexity index is 331. The molecule has 0 spiro atoms. The summed E-state index contributed by atoms with van der Waals surface area (Å²) in [6.07, 6.45) is 1.06. The summed E-state index contributed by atoms with van der Waals surface area (Å²) in [6, 6.07) is -0.0844. The van der Waals surface area contributed by atoms with Gasteiger partial charge >= 0.3 is 0 Å². The van der Waals surface area contributed by atoms with Gasteiger partial charge in [-0.05, 0) is 18.3 Å². The molecule has 1 amide bonds. The third kappa shape index (κ3) is 4.56. The Balaban J connectivity index is 2.70. The number of amides is 1. The minimum absolute atomic E-state index is 0.0844. The van der Waals surface area contributed by atoms with Crippen LogP contribution in [-0.4, -0.2) is 45.3 Å². The van der Waals surface area contributed by atoms with Gasteiger partial charge in [-0.25, -0.2) is 0 Å². The molecule has 0 bridgehead atoms. The number of carbonyl (C=O) groups excluding carboxylic acids is 1. The molecule has 0 aromatic carbocycles. The Kier molecular flexibility index (Phi) is 6.47. The van der Waals surface area contributed by atoms with Gasteiger partial charge in [0, 0.05) is 28.9 Å². The van der Waals surface area contributed by atoms with Gasteiger partial charge in [0.1, 0.15) is 0 Å². The second kappa shape index (κ2) is 7.39. The van der Waals surface area contributed by atoms with E-state index in [0.29, 0.717) is 29.9 Å². The van der Waals surface area contributed by atoms with Crippen LogP contribution in [0.2, 0.25) is 0 Å². The maximum absolute atomic E-state index is 12.4. The summed E-state index contributed by atoms with van der Waals surface area (Å²) in [5, 5.41) is 3.44. The predicted molar refractivity (Wildman–Crippen MR) is 80.3 cm³/mol. The van der Waals surface area contributed by atoms with Gasteiger partial charge in [0.15, 0.2) is 0 Å². The highest BCUT2D eigenvalue weighted by molar-refractivity contribution is 7.84. The average molecular weight is 288 g/mol. The molecule has 1 rings (SSSR count). The monoisotopic (exact) mass is 288 g/mol. The predicted octanol–water partition coefficient (Wildman–Crippen LogP) is 1.58. The van der Waals surface area contributed by atoms with E-state index in [9.17, 15) is 9.00 Å². The maximum Gasteiger partial charge on any atom is 0.241 e. The van der Waals surface area contributed by atoms with Crippen molar-refractivity contribution in [1.82, 2.24) is 10.2 Å². The standard InChI is InChI=1S/C14H28N2O2S/c1-6-19(18)8-7-16-12(9-10(2)3)15-13(11(4)5)14(16)17/h10-13,15H,6-9H2,1-5H3. The van der Waals surface area contributed by atoms with E-state index in [4.69, 9.17) is 0 Å². The molecule has 1 aliphatic rings. The Morgan fingerprint density at radius 1 is 1.32 bits per heavy atom. The van der Waals surface area contributed by atoms with Crippen molar-refractivity contribution in [3.63, 3.8) is 0 Å². The summed E-state index contributed by atoms with van der Waals surface area (Å²) in [5.41, 5.74) is 0. The third-order valence-corrected chi connectivity index (χ3v) is 4.82. The van der Waals surface area contributed by atoms with Crippen LogP contribution in [-0.2, 0) is 15.6 Å². The van der Waals surface area contributed by atoms with Crippen LogP contribution in [0.15, 0.2) is 0 Å². The number of hydrogen-bond acceptors (Lipinski definition) is 3. The van der Waals surface area contributed by atoms with Crippen molar-refractivity contribution < 1.29 is 9.00 Å². The van der Waals surface area contributed by atoms with Crippen molar-refractivity contribution in [2.24, 2.45) is 11.8 Å². The lowest BCUT2D eigenvalue weighted by Gasteiger charge is -2.25. The number of carbonyl (C=O) groups is 1. The zero-order valence-corrected chi connectivity index (χ0v) is 13.6. The van der Waals surface area contributed by atoms with Crippen LogP contribution in [0.5, 0.6) is 0 Å². The van der Waals surface area contributed by atoms with E-state index in [1.807, 2.05) is 11.8 Å². The zero-order valence-electron chi connectivity index (χ0n) is 12.8. The summed E-state index contributed by atoms with van der Waals surface area (Å²) in [6.45, 7) is 11.0. The Morgan fingerprint density at radius 3 is 2.42 bits per heavy atom. The first kappa shape index (κ1) is 16.6. The first-order valence-electron chi connectivity index (χ1n) is 7.28. The van der Waals surface area contributed by atoms with Gasteiger partial charge in [-0.1, -0.05) is 34.6 Å². The Morgan fingerprint density at radius 2 is 1.95 bits per heavy atom. The van der Waals surface area contributed by atoms with Gasteiger partial charge in [-0.2, -0.15) is 0 Å². The first-order chi connectivity index (χ1) is 8.86. The van der Waals surface area contributed by atoms with E-state index in [1.54, 1.807) is 0 Å². The van der Waals surface area contributed by atoms with Crippen LogP contribution in [0, 0.1) is 11.8 Å². The van der Waals surface area contributed by atoms with E-state index in [0.717, 1.165) is 6.42 Å². The van der Waals surface area contributed by atoms with Crippen LogP contribution in [0.3, 0.4) is 0 Å². The second-order valence-corrected chi connectivity index (χ2v) is 7.86. The van der Waals surface area contributed by atoms with E-state index in [2.05, 4.69) is 33.0 Å². The molecule has 1 N–H and O–H groups in total. The molecule has 0 radical (unpaired) electrons. The number of nitrogens with zero attached hydrogens (tertiary/aromatic N) is 1. The molecule has 5 heteroatoms. The smallest absolute Gasteiger partial charge is 0.241 e. The molecule has 19 heavy (non-hydrogen) atoms. The van der Waals surface area contributed by atoms with E-state index >= 15 is 0 Å². The minimum Gasteiger partial charge on any atom is -0.325 e. The molecule has 1 saturated heterocycles. The van der Waals surface area contributed by atoms with Crippen molar-refractivity contribution in [3.05, 3.63) is 0 Å². The average Bonchev–Trinajstić information content (AvgIpc) is 2.62. The molecule has 0 aromatic rings. The number of rotatable bonds is 7. The molecule has 0 aliphatic carbocycles.